The summed E-state index contributed by atoms with van der Waals surface area (Å²) in [6.07, 6.45) is -0.0325. The van der Waals surface area contributed by atoms with Crippen molar-refractivity contribution in [3.8, 4) is 5.88 Å². The molecule has 4 aromatic rings. The number of alkyl halides is 3. The minimum absolute atomic E-state index is 0.0106. The number of aromatic nitrogens is 5. The van der Waals surface area contributed by atoms with Crippen LogP contribution in [0, 0.1) is 0 Å². The second-order valence-electron chi connectivity index (χ2n) is 7.04. The number of halogens is 3. The summed E-state index contributed by atoms with van der Waals surface area (Å²) in [6.45, 7) is -0.0106. The number of nitrogens with two attached hydrogens (primary N) is 1. The maximum absolute atomic E-state index is 13.1. The fourth-order valence-electron chi connectivity index (χ4n) is 3.57. The molecule has 4 aromatic heterocycles. The van der Waals surface area contributed by atoms with E-state index in [1.54, 1.807) is 23.0 Å². The molecule has 0 saturated heterocycles. The van der Waals surface area contributed by atoms with Crippen LogP contribution in [0.5, 0.6) is 5.88 Å². The third-order valence-corrected chi connectivity index (χ3v) is 5.19. The Hall–Kier alpha value is -3.96. The maximum atomic E-state index is 13.1. The van der Waals surface area contributed by atoms with Crippen LogP contribution in [0.3, 0.4) is 0 Å². The summed E-state index contributed by atoms with van der Waals surface area (Å²) in [6, 6.07) is 3.12. The van der Waals surface area contributed by atoms with Gasteiger partial charge in [-0.2, -0.15) is 13.2 Å². The summed E-state index contributed by atoms with van der Waals surface area (Å²) in [5.41, 5.74) is 7.06. The molecule has 0 aliphatic carbocycles. The molecule has 0 saturated carbocycles. The molecule has 5 rings (SSSR count). The Balaban J connectivity index is 1.49. The van der Waals surface area contributed by atoms with Crippen molar-refractivity contribution < 1.29 is 22.7 Å². The van der Waals surface area contributed by atoms with Crippen molar-refractivity contribution in [3.63, 3.8) is 0 Å². The molecular formula is C19H14F3N7O2. The molecule has 1 aliphatic rings. The Labute approximate surface area is 172 Å². The van der Waals surface area contributed by atoms with Gasteiger partial charge in [0.15, 0.2) is 0 Å². The van der Waals surface area contributed by atoms with Crippen LogP contribution in [0.2, 0.25) is 0 Å². The number of nitrogen functional groups attached to an aromatic ring is 1. The fourth-order valence-corrected chi connectivity index (χ4v) is 3.57. The molecule has 0 fully saturated rings. The van der Waals surface area contributed by atoms with Gasteiger partial charge >= 0.3 is 6.18 Å². The van der Waals surface area contributed by atoms with Crippen molar-refractivity contribution in [1.82, 2.24) is 29.2 Å². The number of carbonyl (C=O) groups excluding carboxylic acids is 1. The number of nitrogens with zero attached hydrogens (tertiary/aromatic N) is 6. The number of pyridine rings is 2. The van der Waals surface area contributed by atoms with E-state index in [1.165, 1.54) is 24.2 Å². The second kappa shape index (κ2) is 6.52. The van der Waals surface area contributed by atoms with Gasteiger partial charge in [0.2, 0.25) is 5.88 Å². The van der Waals surface area contributed by atoms with Gasteiger partial charge < -0.3 is 15.4 Å². The zero-order chi connectivity index (χ0) is 21.9. The number of anilines is 1. The summed E-state index contributed by atoms with van der Waals surface area (Å²) >= 11 is 0. The van der Waals surface area contributed by atoms with E-state index in [1.807, 2.05) is 0 Å². The number of hydrogen-bond acceptors (Lipinski definition) is 7. The van der Waals surface area contributed by atoms with Crippen LogP contribution in [0.4, 0.5) is 19.0 Å². The SMILES string of the molecule is CN(C(=O)c1cc2c(cn1)nc(N)c1cncn12)[C@@H]1COc2nc(C(F)(F)F)ccc21. The van der Waals surface area contributed by atoms with E-state index in [0.717, 1.165) is 6.07 Å². The van der Waals surface area contributed by atoms with Crippen molar-refractivity contribution in [2.75, 3.05) is 19.4 Å². The molecule has 9 nitrogen and oxygen atoms in total. The average molecular weight is 429 g/mol. The maximum Gasteiger partial charge on any atom is 0.433 e. The first kappa shape index (κ1) is 19.0. The first-order valence-electron chi connectivity index (χ1n) is 9.09. The first-order chi connectivity index (χ1) is 14.7. The van der Waals surface area contributed by atoms with Gasteiger partial charge in [0, 0.05) is 12.6 Å². The molecular weight excluding hydrogens is 415 g/mol. The van der Waals surface area contributed by atoms with Gasteiger partial charge in [0.05, 0.1) is 30.3 Å². The normalized spacial score (nSPS) is 15.8. The summed E-state index contributed by atoms with van der Waals surface area (Å²) in [4.78, 5) is 30.5. The lowest BCUT2D eigenvalue weighted by atomic mass is 10.1. The van der Waals surface area contributed by atoms with Crippen molar-refractivity contribution in [1.29, 1.82) is 0 Å². The third-order valence-electron chi connectivity index (χ3n) is 5.19. The number of amides is 1. The van der Waals surface area contributed by atoms with Crippen LogP contribution >= 0.6 is 0 Å². The predicted octanol–water partition coefficient (Wildman–Crippen LogP) is 2.48. The lowest BCUT2D eigenvalue weighted by Crippen LogP contribution is -2.32. The van der Waals surface area contributed by atoms with Crippen LogP contribution in [-0.2, 0) is 6.18 Å². The third kappa shape index (κ3) is 2.98. The Kier molecular flexibility index (Phi) is 4.00. The number of ether oxygens (including phenoxy) is 1. The summed E-state index contributed by atoms with van der Waals surface area (Å²) in [5.74, 6) is -0.285. The number of hydrogen-bond donors (Lipinski definition) is 1. The van der Waals surface area contributed by atoms with Gasteiger partial charge in [0.25, 0.3) is 5.91 Å². The molecule has 12 heteroatoms. The highest BCUT2D eigenvalue weighted by atomic mass is 19.4. The molecule has 1 amide bonds. The lowest BCUT2D eigenvalue weighted by molar-refractivity contribution is -0.141. The lowest BCUT2D eigenvalue weighted by Gasteiger charge is -2.23. The van der Waals surface area contributed by atoms with E-state index in [2.05, 4.69) is 19.9 Å². The number of imidazole rings is 1. The molecule has 2 N–H and O–H groups in total. The summed E-state index contributed by atoms with van der Waals surface area (Å²) in [5, 5.41) is 0. The predicted molar refractivity (Wildman–Crippen MR) is 102 cm³/mol. The number of carbonyl (C=O) groups is 1. The summed E-state index contributed by atoms with van der Waals surface area (Å²) in [7, 11) is 1.53. The Morgan fingerprint density at radius 3 is 2.84 bits per heavy atom. The van der Waals surface area contributed by atoms with Gasteiger partial charge in [0.1, 0.15) is 34.8 Å². The smallest absolute Gasteiger partial charge is 0.433 e. The molecule has 0 aromatic carbocycles. The monoisotopic (exact) mass is 429 g/mol. The minimum atomic E-state index is -4.58. The molecule has 0 radical (unpaired) electrons. The van der Waals surface area contributed by atoms with E-state index >= 15 is 0 Å². The highest BCUT2D eigenvalue weighted by molar-refractivity contribution is 5.96. The van der Waals surface area contributed by atoms with Gasteiger partial charge in [-0.3, -0.25) is 9.20 Å². The zero-order valence-electron chi connectivity index (χ0n) is 16.0. The van der Waals surface area contributed by atoms with Crippen molar-refractivity contribution in [2.24, 2.45) is 0 Å². The molecule has 1 aliphatic heterocycles. The number of likely N-dealkylation sites (N-methyl/N-ethyl adjacent to an activating group) is 1. The van der Waals surface area contributed by atoms with E-state index in [4.69, 9.17) is 10.5 Å². The van der Waals surface area contributed by atoms with E-state index < -0.39 is 23.8 Å². The average Bonchev–Trinajstić information content (AvgIpc) is 3.39. The Bertz CT molecular complexity index is 1350. The van der Waals surface area contributed by atoms with E-state index in [9.17, 15) is 18.0 Å². The van der Waals surface area contributed by atoms with Crippen molar-refractivity contribution in [3.05, 3.63) is 53.9 Å². The molecule has 0 spiro atoms. The zero-order valence-corrected chi connectivity index (χ0v) is 16.0. The van der Waals surface area contributed by atoms with Crippen LogP contribution in [-0.4, -0.2) is 48.8 Å². The second-order valence-corrected chi connectivity index (χ2v) is 7.04. The van der Waals surface area contributed by atoms with E-state index in [-0.39, 0.29) is 24.0 Å². The quantitative estimate of drug-likeness (QED) is 0.521. The standard InChI is InChI=1S/C19H14F3N7O2/c1-28(14-7-31-17-9(14)2-3-15(27-17)19(20,21)22)18(30)10-4-12-11(5-25-10)26-16(23)13-6-24-8-29(12)13/h2-6,8,14H,7H2,1H3,(H2,23,26)/t14-/m1/s1. The minimum Gasteiger partial charge on any atom is -0.475 e. The van der Waals surface area contributed by atoms with Crippen LogP contribution in [0.25, 0.3) is 16.6 Å². The van der Waals surface area contributed by atoms with Gasteiger partial charge in [-0.05, 0) is 18.2 Å². The van der Waals surface area contributed by atoms with Crippen molar-refractivity contribution >= 4 is 28.3 Å². The highest BCUT2D eigenvalue weighted by Gasteiger charge is 2.37. The topological polar surface area (TPSA) is 112 Å². The van der Waals surface area contributed by atoms with E-state index in [0.29, 0.717) is 22.1 Å². The van der Waals surface area contributed by atoms with Crippen LogP contribution < -0.4 is 10.5 Å². The number of rotatable bonds is 2. The fraction of sp³-hybridized carbons (Fsp3) is 0.211. The largest absolute Gasteiger partial charge is 0.475 e. The molecule has 0 unspecified atom stereocenters. The first-order valence-corrected chi connectivity index (χ1v) is 9.09. The molecule has 1 atom stereocenters. The van der Waals surface area contributed by atoms with Crippen molar-refractivity contribution in [2.45, 2.75) is 12.2 Å². The van der Waals surface area contributed by atoms with Gasteiger partial charge in [-0.15, -0.1) is 0 Å². The number of fused-ring (bicyclic) bond motifs is 4. The summed E-state index contributed by atoms with van der Waals surface area (Å²) < 4.78 is 45.7. The molecule has 158 valence electrons. The molecule has 31 heavy (non-hydrogen) atoms. The Morgan fingerprint density at radius 2 is 2.06 bits per heavy atom. The van der Waals surface area contributed by atoms with Gasteiger partial charge in [-0.1, -0.05) is 0 Å². The molecule has 0 bridgehead atoms. The van der Waals surface area contributed by atoms with Gasteiger partial charge in [-0.25, -0.2) is 19.9 Å². The van der Waals surface area contributed by atoms with Crippen LogP contribution in [0.1, 0.15) is 27.8 Å². The molecule has 5 heterocycles. The highest BCUT2D eigenvalue weighted by Crippen LogP contribution is 2.38. The Morgan fingerprint density at radius 1 is 1.26 bits per heavy atom. The van der Waals surface area contributed by atoms with Crippen LogP contribution in [0.15, 0.2) is 36.9 Å².